The molecule has 0 aliphatic carbocycles. The van der Waals surface area contributed by atoms with Gasteiger partial charge in [-0.15, -0.1) is 0 Å². The second-order valence-electron chi connectivity index (χ2n) is 5.88. The first-order valence-electron chi connectivity index (χ1n) is 8.08. The minimum atomic E-state index is -0.949. The van der Waals surface area contributed by atoms with Crippen molar-refractivity contribution in [3.05, 3.63) is 65.2 Å². The molecule has 24 heavy (non-hydrogen) atoms. The van der Waals surface area contributed by atoms with Gasteiger partial charge in [0.25, 0.3) is 0 Å². The van der Waals surface area contributed by atoms with E-state index >= 15 is 0 Å². The Balaban J connectivity index is 1.85. The summed E-state index contributed by atoms with van der Waals surface area (Å²) in [6, 6.07) is 10.4. The normalized spacial score (nSPS) is 17.5. The lowest BCUT2D eigenvalue weighted by molar-refractivity contribution is 0.0617. The molecule has 1 atom stereocenters. The Labute approximate surface area is 140 Å². The SMILES string of the molecule is CCOc1ccc(-c2ccc(C3CC=C(C)CO3)cc2)c(F)c1F. The molecule has 2 aromatic rings. The van der Waals surface area contributed by atoms with Crippen LogP contribution >= 0.6 is 0 Å². The first kappa shape index (κ1) is 16.7. The van der Waals surface area contributed by atoms with Crippen LogP contribution in [0.4, 0.5) is 8.78 Å². The Morgan fingerprint density at radius 2 is 1.83 bits per heavy atom. The van der Waals surface area contributed by atoms with E-state index < -0.39 is 11.6 Å². The molecule has 2 nitrogen and oxygen atoms in total. The van der Waals surface area contributed by atoms with Gasteiger partial charge in [0, 0.05) is 5.56 Å². The summed E-state index contributed by atoms with van der Waals surface area (Å²) in [5.74, 6) is -1.90. The lowest BCUT2D eigenvalue weighted by atomic mass is 9.98. The first-order chi connectivity index (χ1) is 11.6. The third kappa shape index (κ3) is 3.34. The molecule has 1 aliphatic heterocycles. The van der Waals surface area contributed by atoms with Gasteiger partial charge < -0.3 is 9.47 Å². The van der Waals surface area contributed by atoms with Gasteiger partial charge in [0.1, 0.15) is 0 Å². The van der Waals surface area contributed by atoms with Crippen LogP contribution in [0.15, 0.2) is 48.0 Å². The van der Waals surface area contributed by atoms with Gasteiger partial charge in [0.05, 0.1) is 19.3 Å². The van der Waals surface area contributed by atoms with E-state index in [9.17, 15) is 8.78 Å². The van der Waals surface area contributed by atoms with Gasteiger partial charge in [-0.1, -0.05) is 35.9 Å². The predicted octanol–water partition coefficient (Wildman–Crippen LogP) is 5.44. The Hall–Kier alpha value is -2.20. The fraction of sp³-hybridized carbons (Fsp3) is 0.300. The van der Waals surface area contributed by atoms with E-state index in [0.29, 0.717) is 18.8 Å². The van der Waals surface area contributed by atoms with Gasteiger partial charge in [-0.25, -0.2) is 4.39 Å². The molecule has 0 bridgehead atoms. The molecule has 0 radical (unpaired) electrons. The van der Waals surface area contributed by atoms with Crippen molar-refractivity contribution in [2.24, 2.45) is 0 Å². The summed E-state index contributed by atoms with van der Waals surface area (Å²) in [7, 11) is 0. The summed E-state index contributed by atoms with van der Waals surface area (Å²) in [4.78, 5) is 0. The van der Waals surface area contributed by atoms with E-state index in [2.05, 4.69) is 6.08 Å². The molecule has 0 fully saturated rings. The summed E-state index contributed by atoms with van der Waals surface area (Å²) < 4.78 is 39.2. The largest absolute Gasteiger partial charge is 0.491 e. The molecular weight excluding hydrogens is 310 g/mol. The van der Waals surface area contributed by atoms with Crippen molar-refractivity contribution in [2.45, 2.75) is 26.4 Å². The standard InChI is InChI=1S/C20H20F2O2/c1-3-23-18-11-9-16(19(21)20(18)22)14-5-7-15(8-6-14)17-10-4-13(2)12-24-17/h4-9,11,17H,3,10,12H2,1-2H3. The zero-order chi connectivity index (χ0) is 17.1. The number of halogens is 2. The Bertz CT molecular complexity index is 751. The summed E-state index contributed by atoms with van der Waals surface area (Å²) in [6.45, 7) is 4.70. The van der Waals surface area contributed by atoms with Crippen LogP contribution in [-0.2, 0) is 4.74 Å². The highest BCUT2D eigenvalue weighted by Crippen LogP contribution is 2.32. The second kappa shape index (κ2) is 7.14. The van der Waals surface area contributed by atoms with Crippen LogP contribution in [0, 0.1) is 11.6 Å². The summed E-state index contributed by atoms with van der Waals surface area (Å²) >= 11 is 0. The van der Waals surface area contributed by atoms with Crippen LogP contribution in [0.2, 0.25) is 0 Å². The molecule has 3 rings (SSSR count). The molecule has 0 saturated heterocycles. The molecule has 1 heterocycles. The van der Waals surface area contributed by atoms with Crippen molar-refractivity contribution >= 4 is 0 Å². The zero-order valence-electron chi connectivity index (χ0n) is 13.8. The second-order valence-corrected chi connectivity index (χ2v) is 5.88. The molecule has 0 N–H and O–H groups in total. The summed E-state index contributed by atoms with van der Waals surface area (Å²) in [6.07, 6.45) is 3.02. The molecule has 1 aliphatic rings. The van der Waals surface area contributed by atoms with Crippen molar-refractivity contribution < 1.29 is 18.3 Å². The Kier molecular flexibility index (Phi) is 4.95. The molecule has 2 aromatic carbocycles. The number of rotatable bonds is 4. The highest BCUT2D eigenvalue weighted by Gasteiger charge is 2.18. The van der Waals surface area contributed by atoms with E-state index in [1.54, 1.807) is 25.1 Å². The molecule has 4 heteroatoms. The molecule has 0 spiro atoms. The maximum absolute atomic E-state index is 14.3. The van der Waals surface area contributed by atoms with Crippen LogP contribution in [-0.4, -0.2) is 13.2 Å². The molecular formula is C20H20F2O2. The lowest BCUT2D eigenvalue weighted by Crippen LogP contribution is -2.10. The molecule has 0 amide bonds. The third-order valence-electron chi connectivity index (χ3n) is 4.13. The minimum absolute atomic E-state index is 0.0182. The van der Waals surface area contributed by atoms with Gasteiger partial charge in [-0.2, -0.15) is 4.39 Å². The topological polar surface area (TPSA) is 18.5 Å². The van der Waals surface area contributed by atoms with Crippen LogP contribution < -0.4 is 4.74 Å². The highest BCUT2D eigenvalue weighted by atomic mass is 19.2. The van der Waals surface area contributed by atoms with E-state index in [-0.39, 0.29) is 17.4 Å². The number of hydrogen-bond donors (Lipinski definition) is 0. The highest BCUT2D eigenvalue weighted by molar-refractivity contribution is 5.65. The molecule has 0 aromatic heterocycles. The average Bonchev–Trinajstić information content (AvgIpc) is 2.60. The van der Waals surface area contributed by atoms with Gasteiger partial charge in [-0.05, 0) is 43.5 Å². The van der Waals surface area contributed by atoms with Crippen molar-refractivity contribution in [3.8, 4) is 16.9 Å². The monoisotopic (exact) mass is 330 g/mol. The zero-order valence-corrected chi connectivity index (χ0v) is 13.8. The van der Waals surface area contributed by atoms with Crippen LogP contribution in [0.5, 0.6) is 5.75 Å². The van der Waals surface area contributed by atoms with Gasteiger partial charge >= 0.3 is 0 Å². The Morgan fingerprint density at radius 3 is 2.46 bits per heavy atom. The fourth-order valence-electron chi connectivity index (χ4n) is 2.80. The smallest absolute Gasteiger partial charge is 0.201 e. The lowest BCUT2D eigenvalue weighted by Gasteiger charge is -2.22. The fourth-order valence-corrected chi connectivity index (χ4v) is 2.80. The summed E-state index contributed by atoms with van der Waals surface area (Å²) in [5, 5.41) is 0. The van der Waals surface area contributed by atoms with Gasteiger partial charge in [-0.3, -0.25) is 0 Å². The number of benzene rings is 2. The maximum Gasteiger partial charge on any atom is 0.201 e. The van der Waals surface area contributed by atoms with Crippen molar-refractivity contribution in [1.29, 1.82) is 0 Å². The van der Waals surface area contributed by atoms with Crippen molar-refractivity contribution in [2.75, 3.05) is 13.2 Å². The number of ether oxygens (including phenoxy) is 2. The molecule has 1 unspecified atom stereocenters. The molecule has 0 saturated carbocycles. The van der Waals surface area contributed by atoms with Gasteiger partial charge in [0.15, 0.2) is 11.6 Å². The van der Waals surface area contributed by atoms with Crippen LogP contribution in [0.3, 0.4) is 0 Å². The van der Waals surface area contributed by atoms with Gasteiger partial charge in [0.2, 0.25) is 5.82 Å². The third-order valence-corrected chi connectivity index (χ3v) is 4.13. The quantitative estimate of drug-likeness (QED) is 0.695. The van der Waals surface area contributed by atoms with E-state index in [1.807, 2.05) is 19.1 Å². The molecule has 126 valence electrons. The average molecular weight is 330 g/mol. The number of hydrogen-bond acceptors (Lipinski definition) is 2. The van der Waals surface area contributed by atoms with Crippen molar-refractivity contribution in [1.82, 2.24) is 0 Å². The van der Waals surface area contributed by atoms with Crippen LogP contribution in [0.1, 0.15) is 31.9 Å². The van der Waals surface area contributed by atoms with Crippen LogP contribution in [0.25, 0.3) is 11.1 Å². The maximum atomic E-state index is 14.3. The van der Waals surface area contributed by atoms with Crippen molar-refractivity contribution in [3.63, 3.8) is 0 Å². The summed E-state index contributed by atoms with van der Waals surface area (Å²) in [5.41, 5.74) is 3.12. The van der Waals surface area contributed by atoms with E-state index in [0.717, 1.165) is 12.0 Å². The van der Waals surface area contributed by atoms with E-state index in [1.165, 1.54) is 11.6 Å². The minimum Gasteiger partial charge on any atom is -0.491 e. The first-order valence-corrected chi connectivity index (χ1v) is 8.08. The predicted molar refractivity (Wildman–Crippen MR) is 90.0 cm³/mol. The van der Waals surface area contributed by atoms with E-state index in [4.69, 9.17) is 9.47 Å². The Morgan fingerprint density at radius 1 is 1.08 bits per heavy atom.